The Morgan fingerprint density at radius 3 is 3.13 bits per heavy atom. The zero-order valence-electron chi connectivity index (χ0n) is 13.2. The average Bonchev–Trinajstić information content (AvgIpc) is 3.18. The molecule has 8 heteroatoms. The third kappa shape index (κ3) is 3.58. The molecule has 23 heavy (non-hydrogen) atoms. The molecule has 0 aromatic carbocycles. The van der Waals surface area contributed by atoms with E-state index in [4.69, 9.17) is 4.74 Å². The molecule has 0 spiro atoms. The van der Waals surface area contributed by atoms with Crippen molar-refractivity contribution >= 4 is 17.4 Å². The first-order valence-electron chi connectivity index (χ1n) is 7.68. The van der Waals surface area contributed by atoms with Crippen LogP contribution in [0.1, 0.15) is 19.2 Å². The number of H-pyrrole nitrogens is 1. The van der Waals surface area contributed by atoms with E-state index in [1.807, 2.05) is 19.9 Å². The molecule has 122 valence electrons. The number of aryl methyl sites for hydroxylation is 1. The zero-order valence-corrected chi connectivity index (χ0v) is 13.2. The Kier molecular flexibility index (Phi) is 4.40. The largest absolute Gasteiger partial charge is 0.478 e. The number of ether oxygens (including phenoxy) is 1. The van der Waals surface area contributed by atoms with Crippen molar-refractivity contribution < 1.29 is 9.53 Å². The Labute approximate surface area is 134 Å². The highest BCUT2D eigenvalue weighted by atomic mass is 16.5. The van der Waals surface area contributed by atoms with Gasteiger partial charge in [0.2, 0.25) is 11.8 Å². The van der Waals surface area contributed by atoms with Crippen molar-refractivity contribution in [3.8, 4) is 5.88 Å². The summed E-state index contributed by atoms with van der Waals surface area (Å²) in [5.74, 6) is 1.97. The Balaban J connectivity index is 1.66. The summed E-state index contributed by atoms with van der Waals surface area (Å²) >= 11 is 0. The van der Waals surface area contributed by atoms with Crippen LogP contribution < -0.4 is 15.0 Å². The Hall–Kier alpha value is -2.64. The molecular weight excluding hydrogens is 296 g/mol. The first-order valence-corrected chi connectivity index (χ1v) is 7.68. The summed E-state index contributed by atoms with van der Waals surface area (Å²) in [6, 6.07) is 1.83. The number of carbonyl (C=O) groups is 1. The van der Waals surface area contributed by atoms with Crippen molar-refractivity contribution in [1.29, 1.82) is 0 Å². The third-order valence-electron chi connectivity index (χ3n) is 3.74. The molecule has 1 aliphatic rings. The molecule has 0 saturated carbocycles. The highest BCUT2D eigenvalue weighted by Crippen LogP contribution is 2.25. The van der Waals surface area contributed by atoms with Crippen LogP contribution in [0, 0.1) is 12.8 Å². The van der Waals surface area contributed by atoms with Gasteiger partial charge < -0.3 is 15.0 Å². The molecule has 1 saturated heterocycles. The fourth-order valence-corrected chi connectivity index (χ4v) is 2.65. The lowest BCUT2D eigenvalue weighted by Gasteiger charge is -2.18. The number of carbonyl (C=O) groups excluding carboxylic acids is 1. The molecule has 0 bridgehead atoms. The Bertz CT molecular complexity index is 673. The number of amides is 1. The molecule has 2 aromatic heterocycles. The van der Waals surface area contributed by atoms with E-state index in [2.05, 4.69) is 30.4 Å². The molecule has 1 fully saturated rings. The summed E-state index contributed by atoms with van der Waals surface area (Å²) in [5.41, 5.74) is 0.685. The van der Waals surface area contributed by atoms with Gasteiger partial charge in [0.05, 0.1) is 24.4 Å². The minimum Gasteiger partial charge on any atom is -0.478 e. The second-order valence-corrected chi connectivity index (χ2v) is 5.45. The van der Waals surface area contributed by atoms with Gasteiger partial charge >= 0.3 is 0 Å². The summed E-state index contributed by atoms with van der Waals surface area (Å²) in [5, 5.41) is 9.36. The number of hydrogen-bond acceptors (Lipinski definition) is 6. The van der Waals surface area contributed by atoms with E-state index in [1.165, 1.54) is 0 Å². The van der Waals surface area contributed by atoms with Gasteiger partial charge in [-0.25, -0.2) is 4.98 Å². The number of hydrogen-bond donors (Lipinski definition) is 2. The van der Waals surface area contributed by atoms with E-state index < -0.39 is 0 Å². The number of aromatic nitrogens is 4. The molecule has 0 unspecified atom stereocenters. The van der Waals surface area contributed by atoms with Crippen LogP contribution in [0.2, 0.25) is 0 Å². The van der Waals surface area contributed by atoms with Crippen molar-refractivity contribution in [2.75, 3.05) is 29.9 Å². The predicted octanol–water partition coefficient (Wildman–Crippen LogP) is 1.37. The fourth-order valence-electron chi connectivity index (χ4n) is 2.65. The maximum atomic E-state index is 12.3. The van der Waals surface area contributed by atoms with Crippen LogP contribution in [0.4, 0.5) is 11.5 Å². The molecule has 0 aliphatic carbocycles. The predicted molar refractivity (Wildman–Crippen MR) is 85.5 cm³/mol. The summed E-state index contributed by atoms with van der Waals surface area (Å²) in [6.07, 6.45) is 4.04. The Morgan fingerprint density at radius 2 is 2.39 bits per heavy atom. The fraction of sp³-hybridized carbons (Fsp3) is 0.467. The number of rotatable bonds is 5. The molecule has 8 nitrogen and oxygen atoms in total. The smallest absolute Gasteiger partial charge is 0.229 e. The van der Waals surface area contributed by atoms with Crippen molar-refractivity contribution in [2.24, 2.45) is 5.92 Å². The summed E-state index contributed by atoms with van der Waals surface area (Å²) in [7, 11) is 0. The van der Waals surface area contributed by atoms with E-state index in [0.717, 1.165) is 18.8 Å². The number of anilines is 2. The van der Waals surface area contributed by atoms with Gasteiger partial charge in [-0.1, -0.05) is 0 Å². The van der Waals surface area contributed by atoms with Crippen LogP contribution >= 0.6 is 0 Å². The van der Waals surface area contributed by atoms with Crippen molar-refractivity contribution in [3.63, 3.8) is 0 Å². The molecule has 3 heterocycles. The van der Waals surface area contributed by atoms with Crippen LogP contribution in [0.5, 0.6) is 5.88 Å². The van der Waals surface area contributed by atoms with Crippen molar-refractivity contribution in [2.45, 2.75) is 20.3 Å². The van der Waals surface area contributed by atoms with Gasteiger partial charge in [0.25, 0.3) is 0 Å². The molecule has 3 rings (SSSR count). The van der Waals surface area contributed by atoms with Crippen LogP contribution in [0.15, 0.2) is 18.5 Å². The lowest BCUT2D eigenvalue weighted by molar-refractivity contribution is -0.119. The lowest BCUT2D eigenvalue weighted by Crippen LogP contribution is -2.27. The standard InChI is InChI=1S/C15H20N6O2/c1-3-23-14-6-13(18-10(2)19-14)21-5-4-11(9-21)15(22)20-12-7-16-17-8-12/h6-8,11H,3-5,9H2,1-2H3,(H,16,17)(H,20,22)/t11-/m0/s1. The van der Waals surface area contributed by atoms with E-state index in [0.29, 0.717) is 30.5 Å². The van der Waals surface area contributed by atoms with Crippen LogP contribution in [0.3, 0.4) is 0 Å². The summed E-state index contributed by atoms with van der Waals surface area (Å²) in [6.45, 7) is 5.73. The highest BCUT2D eigenvalue weighted by molar-refractivity contribution is 5.93. The van der Waals surface area contributed by atoms with Gasteiger partial charge in [-0.2, -0.15) is 10.1 Å². The minimum atomic E-state index is -0.0734. The summed E-state index contributed by atoms with van der Waals surface area (Å²) < 4.78 is 5.46. The average molecular weight is 316 g/mol. The normalized spacial score (nSPS) is 17.3. The molecule has 1 amide bonds. The molecule has 2 N–H and O–H groups in total. The second kappa shape index (κ2) is 6.64. The van der Waals surface area contributed by atoms with Gasteiger partial charge in [0, 0.05) is 25.4 Å². The van der Waals surface area contributed by atoms with E-state index >= 15 is 0 Å². The maximum Gasteiger partial charge on any atom is 0.229 e. The summed E-state index contributed by atoms with van der Waals surface area (Å²) in [4.78, 5) is 23.1. The van der Waals surface area contributed by atoms with Gasteiger partial charge in [-0.3, -0.25) is 9.89 Å². The molecular formula is C15H20N6O2. The van der Waals surface area contributed by atoms with Gasteiger partial charge in [-0.05, 0) is 20.3 Å². The first-order chi connectivity index (χ1) is 11.2. The number of nitrogens with zero attached hydrogens (tertiary/aromatic N) is 4. The van der Waals surface area contributed by atoms with Gasteiger partial charge in [0.1, 0.15) is 11.6 Å². The Morgan fingerprint density at radius 1 is 1.52 bits per heavy atom. The van der Waals surface area contributed by atoms with E-state index in [9.17, 15) is 4.79 Å². The van der Waals surface area contributed by atoms with E-state index in [-0.39, 0.29) is 11.8 Å². The SMILES string of the molecule is CCOc1cc(N2CC[C@H](C(=O)Nc3cn[nH]c3)C2)nc(C)n1. The van der Waals surface area contributed by atoms with E-state index in [1.54, 1.807) is 12.4 Å². The lowest BCUT2D eigenvalue weighted by atomic mass is 10.1. The minimum absolute atomic E-state index is 0.00436. The molecule has 1 atom stereocenters. The topological polar surface area (TPSA) is 96.0 Å². The first kappa shape index (κ1) is 15.3. The third-order valence-corrected chi connectivity index (χ3v) is 3.74. The highest BCUT2D eigenvalue weighted by Gasteiger charge is 2.29. The van der Waals surface area contributed by atoms with Crippen LogP contribution in [-0.2, 0) is 4.79 Å². The maximum absolute atomic E-state index is 12.3. The number of nitrogens with one attached hydrogen (secondary N) is 2. The molecule has 2 aromatic rings. The quantitative estimate of drug-likeness (QED) is 0.865. The second-order valence-electron chi connectivity index (χ2n) is 5.45. The number of aromatic amines is 1. The molecule has 1 aliphatic heterocycles. The zero-order chi connectivity index (χ0) is 16.2. The monoisotopic (exact) mass is 316 g/mol. The van der Waals surface area contributed by atoms with Crippen LogP contribution in [-0.4, -0.2) is 45.8 Å². The van der Waals surface area contributed by atoms with Gasteiger partial charge in [0.15, 0.2) is 0 Å². The van der Waals surface area contributed by atoms with Crippen molar-refractivity contribution in [3.05, 3.63) is 24.3 Å². The van der Waals surface area contributed by atoms with Crippen LogP contribution in [0.25, 0.3) is 0 Å². The van der Waals surface area contributed by atoms with Crippen molar-refractivity contribution in [1.82, 2.24) is 20.2 Å². The molecule has 0 radical (unpaired) electrons. The van der Waals surface area contributed by atoms with Gasteiger partial charge in [-0.15, -0.1) is 0 Å².